The highest BCUT2D eigenvalue weighted by atomic mass is 32.7. The van der Waals surface area contributed by atoms with Crippen LogP contribution in [0.2, 0.25) is 0 Å². The van der Waals surface area contributed by atoms with E-state index in [0.717, 1.165) is 0 Å². The van der Waals surface area contributed by atoms with E-state index in [1.807, 2.05) is 0 Å². The van der Waals surface area contributed by atoms with Crippen LogP contribution in [0.5, 0.6) is 0 Å². The lowest BCUT2D eigenvalue weighted by atomic mass is 9.89. The molecule has 0 amide bonds. The second-order valence-electron chi connectivity index (χ2n) is 10.8. The third-order valence-electron chi connectivity index (χ3n) is 8.14. The molecule has 0 spiro atoms. The third-order valence-corrected chi connectivity index (χ3v) is 10.6. The minimum atomic E-state index is -4.19. The number of aliphatic hydroxyl groups is 1. The summed E-state index contributed by atoms with van der Waals surface area (Å²) in [6, 6.07) is 0. The minimum Gasteiger partial charge on any atom is -0.382 e. The molecular formula is C23H30N10O9P2S. The maximum atomic E-state index is 13.5. The molecule has 45 heavy (non-hydrogen) atoms. The number of hydrogen-bond donors (Lipinski definition) is 4. The molecular weight excluding hydrogens is 654 g/mol. The predicted molar refractivity (Wildman–Crippen MR) is 159 cm³/mol. The summed E-state index contributed by atoms with van der Waals surface area (Å²) in [6.45, 7) is -3.06. The van der Waals surface area contributed by atoms with Gasteiger partial charge in [-0.05, 0) is 6.42 Å². The van der Waals surface area contributed by atoms with E-state index in [9.17, 15) is 14.2 Å². The zero-order valence-electron chi connectivity index (χ0n) is 23.6. The van der Waals surface area contributed by atoms with Gasteiger partial charge in [0.25, 0.3) is 0 Å². The quantitative estimate of drug-likeness (QED) is 0.178. The van der Waals surface area contributed by atoms with Crippen molar-refractivity contribution in [2.45, 2.75) is 62.7 Å². The highest BCUT2D eigenvalue weighted by Crippen LogP contribution is 2.59. The number of thiol groups is 1. The predicted octanol–water partition coefficient (Wildman–Crippen LogP) is 2.00. The molecule has 1 unspecified atom stereocenters. The molecule has 242 valence electrons. The average Bonchev–Trinajstić information content (AvgIpc) is 3.79. The zero-order chi connectivity index (χ0) is 31.5. The maximum absolute atomic E-state index is 13.5. The number of fused-ring (bicyclic) bond motifs is 5. The van der Waals surface area contributed by atoms with Crippen LogP contribution in [0.4, 0.5) is 11.6 Å². The molecule has 5 N–H and O–H groups in total. The fourth-order valence-electron chi connectivity index (χ4n) is 5.95. The molecule has 3 aliphatic rings. The monoisotopic (exact) mass is 684 g/mol. The molecule has 19 nitrogen and oxygen atoms in total. The van der Waals surface area contributed by atoms with Gasteiger partial charge in [0.15, 0.2) is 34.9 Å². The molecule has 4 aromatic heterocycles. The Morgan fingerprint density at radius 3 is 2.36 bits per heavy atom. The summed E-state index contributed by atoms with van der Waals surface area (Å²) in [5.41, 5.74) is 13.4. The first-order valence-electron chi connectivity index (χ1n) is 14.0. The van der Waals surface area contributed by atoms with Crippen LogP contribution in [0.3, 0.4) is 0 Å². The molecule has 7 rings (SSSR count). The van der Waals surface area contributed by atoms with E-state index in [1.165, 1.54) is 25.3 Å². The molecule has 3 saturated heterocycles. The van der Waals surface area contributed by atoms with Gasteiger partial charge in [-0.3, -0.25) is 22.7 Å². The van der Waals surface area contributed by atoms with Gasteiger partial charge >= 0.3 is 15.1 Å². The number of ether oxygens (including phenoxy) is 2. The molecule has 22 heteroatoms. The summed E-state index contributed by atoms with van der Waals surface area (Å²) in [5.74, 6) is -2.55. The van der Waals surface area contributed by atoms with Crippen LogP contribution < -0.4 is 11.5 Å². The van der Waals surface area contributed by atoms with Crippen LogP contribution in [-0.4, -0.2) is 81.5 Å². The molecule has 4 aromatic rings. The van der Waals surface area contributed by atoms with E-state index in [0.29, 0.717) is 22.3 Å². The normalized spacial score (nSPS) is 36.3. The zero-order valence-corrected chi connectivity index (χ0v) is 26.4. The Morgan fingerprint density at radius 1 is 1.00 bits per heavy atom. The molecule has 0 saturated carbocycles. The minimum absolute atomic E-state index is 0.0214. The highest BCUT2D eigenvalue weighted by molar-refractivity contribution is 8.44. The molecule has 7 heterocycles. The summed E-state index contributed by atoms with van der Waals surface area (Å²) in [7, 11) is -3.16. The lowest BCUT2D eigenvalue weighted by Crippen LogP contribution is -2.44. The second-order valence-corrected chi connectivity index (χ2v) is 14.7. The first kappa shape index (κ1) is 30.9. The van der Waals surface area contributed by atoms with Gasteiger partial charge in [-0.15, -0.1) is 0 Å². The molecule has 2 bridgehead atoms. The van der Waals surface area contributed by atoms with Crippen LogP contribution in [0.25, 0.3) is 22.3 Å². The van der Waals surface area contributed by atoms with Gasteiger partial charge in [0.1, 0.15) is 36.0 Å². The summed E-state index contributed by atoms with van der Waals surface area (Å²) >= 11 is 4.17. The standard InChI is InChI=1S/C23H30N10O9P2S/c1-2-23(34)12-4-15(32-9-30-16-18(24)26-7-28-20(16)32)40-14(12)6-37-43(35)41-13-3-11(5-38-44(36,45)42-23)39-22(13)33-10-31-17-19(25)27-8-29-21(17)33/h7-15,22,34,43H,2-6H2,1H3,(H,36,45)(H2,24,26,28)(H2,25,27,29)/t11-,12-,13+,14+,15+,22+,23+,44+/m0/s1. The van der Waals surface area contributed by atoms with E-state index in [4.69, 9.17) is 39.0 Å². The number of nitrogens with two attached hydrogens (primary N) is 2. The second kappa shape index (κ2) is 11.8. The van der Waals surface area contributed by atoms with Gasteiger partial charge in [0.2, 0.25) is 0 Å². The number of imidazole rings is 2. The lowest BCUT2D eigenvalue weighted by molar-refractivity contribution is -0.197. The van der Waals surface area contributed by atoms with Gasteiger partial charge in [0.05, 0.1) is 38.1 Å². The van der Waals surface area contributed by atoms with Gasteiger partial charge in [-0.1, -0.05) is 19.2 Å². The number of rotatable bonds is 3. The Hall–Kier alpha value is -2.77. The van der Waals surface area contributed by atoms with Crippen LogP contribution >= 0.6 is 27.3 Å². The lowest BCUT2D eigenvalue weighted by Gasteiger charge is -2.36. The van der Waals surface area contributed by atoms with E-state index < -0.39 is 57.5 Å². The van der Waals surface area contributed by atoms with Crippen molar-refractivity contribution in [3.05, 3.63) is 25.3 Å². The van der Waals surface area contributed by atoms with Crippen molar-refractivity contribution in [3.8, 4) is 0 Å². The summed E-state index contributed by atoms with van der Waals surface area (Å²) in [4.78, 5) is 25.0. The van der Waals surface area contributed by atoms with Crippen molar-refractivity contribution < 1.29 is 41.8 Å². The van der Waals surface area contributed by atoms with Crippen LogP contribution in [0.1, 0.15) is 38.6 Å². The molecule has 3 aliphatic heterocycles. The van der Waals surface area contributed by atoms with Gasteiger partial charge in [0, 0.05) is 18.8 Å². The van der Waals surface area contributed by atoms with Crippen molar-refractivity contribution in [1.82, 2.24) is 39.0 Å². The van der Waals surface area contributed by atoms with Gasteiger partial charge < -0.3 is 35.1 Å². The largest absolute Gasteiger partial charge is 0.388 e. The van der Waals surface area contributed by atoms with Crippen molar-refractivity contribution in [2.24, 2.45) is 5.92 Å². The van der Waals surface area contributed by atoms with E-state index in [2.05, 4.69) is 42.2 Å². The number of hydrogen-bond acceptors (Lipinski definition) is 17. The van der Waals surface area contributed by atoms with Crippen LogP contribution in [0.15, 0.2) is 25.3 Å². The number of aromatic nitrogens is 8. The van der Waals surface area contributed by atoms with Crippen LogP contribution in [0, 0.1) is 5.92 Å². The smallest absolute Gasteiger partial charge is 0.382 e. The molecule has 0 radical (unpaired) electrons. The van der Waals surface area contributed by atoms with Gasteiger partial charge in [-0.2, -0.15) is 0 Å². The molecule has 0 aliphatic carbocycles. The Labute approximate surface area is 260 Å². The topological polar surface area (TPSA) is 249 Å². The number of anilines is 2. The fourth-order valence-corrected chi connectivity index (χ4v) is 8.47. The molecule has 9 atom stereocenters. The Bertz CT molecular complexity index is 1810. The highest BCUT2D eigenvalue weighted by Gasteiger charge is 2.52. The Morgan fingerprint density at radius 2 is 1.67 bits per heavy atom. The molecule has 3 fully saturated rings. The SMILES string of the molecule is CC[C@@]1(O)O[P@](=O)(S)OC[C@@H]2C[C@@H](O[PH](=O)OC[C@H]3O[C@@H](n4cnc5c(N)ncnc54)C[C@@H]31)[C@H](n1cnc3c(N)ncnc31)O2. The van der Waals surface area contributed by atoms with E-state index in [-0.39, 0.29) is 44.1 Å². The van der Waals surface area contributed by atoms with Crippen molar-refractivity contribution in [3.63, 3.8) is 0 Å². The van der Waals surface area contributed by atoms with E-state index in [1.54, 1.807) is 16.1 Å². The van der Waals surface area contributed by atoms with Gasteiger partial charge in [-0.25, -0.2) is 34.5 Å². The fraction of sp³-hybridized carbons (Fsp3) is 0.565. The third kappa shape index (κ3) is 5.73. The van der Waals surface area contributed by atoms with Crippen molar-refractivity contribution >= 4 is 61.3 Å². The summed E-state index contributed by atoms with van der Waals surface area (Å²) in [6.07, 6.45) is 1.76. The first-order chi connectivity index (χ1) is 21.5. The Balaban J connectivity index is 1.19. The number of nitrogens with zero attached hydrogens (tertiary/aromatic N) is 8. The first-order valence-corrected chi connectivity index (χ1v) is 17.9. The van der Waals surface area contributed by atoms with Crippen molar-refractivity contribution in [2.75, 3.05) is 24.7 Å². The van der Waals surface area contributed by atoms with E-state index >= 15 is 0 Å². The summed E-state index contributed by atoms with van der Waals surface area (Å²) < 4.78 is 65.4. The molecule has 0 aromatic carbocycles. The number of nitrogen functional groups attached to an aromatic ring is 2. The van der Waals surface area contributed by atoms with Crippen LogP contribution in [-0.2, 0) is 36.7 Å². The summed E-state index contributed by atoms with van der Waals surface area (Å²) in [5, 5.41) is 11.8. The van der Waals surface area contributed by atoms with Crippen molar-refractivity contribution in [1.29, 1.82) is 0 Å². The maximum Gasteiger partial charge on any atom is 0.388 e. The Kier molecular flexibility index (Phi) is 8.09. The average molecular weight is 685 g/mol.